The minimum absolute atomic E-state index is 0.219. The second-order valence-corrected chi connectivity index (χ2v) is 5.13. The molecule has 3 aromatic rings. The molecule has 2 heterocycles. The Labute approximate surface area is 139 Å². The van der Waals surface area contributed by atoms with E-state index in [4.69, 9.17) is 4.74 Å². The lowest BCUT2D eigenvalue weighted by Gasteiger charge is -2.10. The fourth-order valence-electron chi connectivity index (χ4n) is 2.32. The smallest absolute Gasteiger partial charge is 0.269 e. The number of para-hydroxylation sites is 1. The summed E-state index contributed by atoms with van der Waals surface area (Å²) in [6.45, 7) is 2.90. The molecule has 0 aliphatic rings. The predicted octanol–water partition coefficient (Wildman–Crippen LogP) is 2.80. The van der Waals surface area contributed by atoms with E-state index in [0.717, 1.165) is 16.9 Å². The molecule has 0 unspecified atom stereocenters. The standard InChI is InChI=1S/C18H18N4O2/c1-2-24-17-8-4-3-6-14(17)12-20-18(23)16-10-15(21-22-16)13-7-5-9-19-11-13/h3-11H,2,12H2,1H3,(H,20,23)(H,21,22). The molecule has 122 valence electrons. The van der Waals surface area contributed by atoms with Crippen LogP contribution in [-0.4, -0.2) is 27.7 Å². The average molecular weight is 322 g/mol. The van der Waals surface area contributed by atoms with Gasteiger partial charge in [0.25, 0.3) is 5.91 Å². The first-order chi connectivity index (χ1) is 11.8. The Morgan fingerprint density at radius 2 is 2.12 bits per heavy atom. The Morgan fingerprint density at radius 3 is 2.92 bits per heavy atom. The van der Waals surface area contributed by atoms with E-state index in [-0.39, 0.29) is 5.91 Å². The van der Waals surface area contributed by atoms with E-state index in [2.05, 4.69) is 20.5 Å². The van der Waals surface area contributed by atoms with Crippen molar-refractivity contribution in [2.75, 3.05) is 6.61 Å². The summed E-state index contributed by atoms with van der Waals surface area (Å²) in [6.07, 6.45) is 3.40. The maximum absolute atomic E-state index is 12.3. The second kappa shape index (κ2) is 7.41. The van der Waals surface area contributed by atoms with Gasteiger partial charge in [0.15, 0.2) is 0 Å². The number of nitrogens with zero attached hydrogens (tertiary/aromatic N) is 2. The number of rotatable bonds is 6. The van der Waals surface area contributed by atoms with Gasteiger partial charge in [-0.1, -0.05) is 18.2 Å². The van der Waals surface area contributed by atoms with Gasteiger partial charge in [-0.25, -0.2) is 0 Å². The van der Waals surface area contributed by atoms with E-state index in [1.807, 2.05) is 43.3 Å². The van der Waals surface area contributed by atoms with Crippen LogP contribution < -0.4 is 10.1 Å². The molecule has 6 nitrogen and oxygen atoms in total. The molecule has 0 fully saturated rings. The van der Waals surface area contributed by atoms with Crippen LogP contribution in [0.1, 0.15) is 23.0 Å². The second-order valence-electron chi connectivity index (χ2n) is 5.13. The number of benzene rings is 1. The van der Waals surface area contributed by atoms with Gasteiger partial charge in [-0.15, -0.1) is 0 Å². The number of aromatic nitrogens is 3. The number of H-pyrrole nitrogens is 1. The number of carbonyl (C=O) groups is 1. The zero-order valence-corrected chi connectivity index (χ0v) is 13.3. The lowest BCUT2D eigenvalue weighted by atomic mass is 10.2. The molecule has 1 aromatic carbocycles. The molecular formula is C18H18N4O2. The normalized spacial score (nSPS) is 10.4. The largest absolute Gasteiger partial charge is 0.494 e. The van der Waals surface area contributed by atoms with Crippen molar-refractivity contribution in [1.82, 2.24) is 20.5 Å². The van der Waals surface area contributed by atoms with Crippen LogP contribution in [0.15, 0.2) is 54.9 Å². The van der Waals surface area contributed by atoms with Gasteiger partial charge in [-0.2, -0.15) is 5.10 Å². The minimum Gasteiger partial charge on any atom is -0.494 e. The summed E-state index contributed by atoms with van der Waals surface area (Å²) in [7, 11) is 0. The summed E-state index contributed by atoms with van der Waals surface area (Å²) < 4.78 is 5.56. The lowest BCUT2D eigenvalue weighted by Crippen LogP contribution is -2.23. The van der Waals surface area contributed by atoms with Crippen molar-refractivity contribution >= 4 is 5.91 Å². The number of hydrogen-bond acceptors (Lipinski definition) is 4. The molecule has 6 heteroatoms. The highest BCUT2D eigenvalue weighted by Gasteiger charge is 2.12. The van der Waals surface area contributed by atoms with Gasteiger partial charge >= 0.3 is 0 Å². The topological polar surface area (TPSA) is 79.9 Å². The molecule has 0 aliphatic carbocycles. The number of ether oxygens (including phenoxy) is 1. The van der Waals surface area contributed by atoms with E-state index in [9.17, 15) is 4.79 Å². The Bertz CT molecular complexity index is 815. The van der Waals surface area contributed by atoms with Gasteiger partial charge in [0.05, 0.1) is 12.3 Å². The average Bonchev–Trinajstić information content (AvgIpc) is 3.12. The molecule has 0 saturated heterocycles. The van der Waals surface area contributed by atoms with Crippen LogP contribution in [0.3, 0.4) is 0 Å². The minimum atomic E-state index is -0.219. The van der Waals surface area contributed by atoms with Crippen LogP contribution in [0.4, 0.5) is 0 Å². The summed E-state index contributed by atoms with van der Waals surface area (Å²) in [6, 6.07) is 13.1. The molecule has 0 spiro atoms. The van der Waals surface area contributed by atoms with E-state index in [1.54, 1.807) is 18.5 Å². The van der Waals surface area contributed by atoms with Crippen molar-refractivity contribution in [2.24, 2.45) is 0 Å². The molecule has 0 radical (unpaired) electrons. The first kappa shape index (κ1) is 15.7. The Hall–Kier alpha value is -3.15. The molecule has 0 bridgehead atoms. The number of nitrogens with one attached hydrogen (secondary N) is 2. The van der Waals surface area contributed by atoms with Gasteiger partial charge < -0.3 is 10.1 Å². The van der Waals surface area contributed by atoms with Gasteiger partial charge in [0, 0.05) is 30.1 Å². The van der Waals surface area contributed by atoms with Crippen LogP contribution in [0.25, 0.3) is 11.3 Å². The van der Waals surface area contributed by atoms with Gasteiger partial charge in [-0.05, 0) is 31.2 Å². The van der Waals surface area contributed by atoms with Crippen molar-refractivity contribution in [3.05, 3.63) is 66.1 Å². The Kier molecular flexibility index (Phi) is 4.86. The lowest BCUT2D eigenvalue weighted by molar-refractivity contribution is 0.0945. The van der Waals surface area contributed by atoms with Crippen LogP contribution in [0.2, 0.25) is 0 Å². The van der Waals surface area contributed by atoms with Crippen molar-refractivity contribution in [1.29, 1.82) is 0 Å². The van der Waals surface area contributed by atoms with E-state index < -0.39 is 0 Å². The maximum atomic E-state index is 12.3. The Balaban J connectivity index is 1.67. The number of amides is 1. The maximum Gasteiger partial charge on any atom is 0.269 e. The summed E-state index contributed by atoms with van der Waals surface area (Å²) in [5, 5.41) is 9.79. The SMILES string of the molecule is CCOc1ccccc1CNC(=O)c1cc(-c2cccnc2)n[nH]1. The first-order valence-electron chi connectivity index (χ1n) is 7.72. The third-order valence-electron chi connectivity index (χ3n) is 3.49. The van der Waals surface area contributed by atoms with E-state index >= 15 is 0 Å². The highest BCUT2D eigenvalue weighted by Crippen LogP contribution is 2.18. The third kappa shape index (κ3) is 3.60. The zero-order valence-electron chi connectivity index (χ0n) is 13.3. The molecular weight excluding hydrogens is 304 g/mol. The number of hydrogen-bond donors (Lipinski definition) is 2. The van der Waals surface area contributed by atoms with Crippen LogP contribution in [0, 0.1) is 0 Å². The van der Waals surface area contributed by atoms with Crippen molar-refractivity contribution in [3.63, 3.8) is 0 Å². The first-order valence-corrected chi connectivity index (χ1v) is 7.72. The highest BCUT2D eigenvalue weighted by molar-refractivity contribution is 5.93. The number of carbonyl (C=O) groups excluding carboxylic acids is 1. The number of pyridine rings is 1. The van der Waals surface area contributed by atoms with Crippen LogP contribution >= 0.6 is 0 Å². The van der Waals surface area contributed by atoms with Gasteiger partial charge in [0.1, 0.15) is 11.4 Å². The summed E-state index contributed by atoms with van der Waals surface area (Å²) in [5.74, 6) is 0.560. The molecule has 0 atom stereocenters. The van der Waals surface area contributed by atoms with Gasteiger partial charge in [0.2, 0.25) is 0 Å². The van der Waals surface area contributed by atoms with Crippen molar-refractivity contribution in [3.8, 4) is 17.0 Å². The Morgan fingerprint density at radius 1 is 1.25 bits per heavy atom. The fraction of sp³-hybridized carbons (Fsp3) is 0.167. The monoisotopic (exact) mass is 322 g/mol. The van der Waals surface area contributed by atoms with Crippen LogP contribution in [0.5, 0.6) is 5.75 Å². The quantitative estimate of drug-likeness (QED) is 0.731. The van der Waals surface area contributed by atoms with Crippen molar-refractivity contribution in [2.45, 2.75) is 13.5 Å². The molecule has 2 aromatic heterocycles. The van der Waals surface area contributed by atoms with Crippen LogP contribution in [-0.2, 0) is 6.54 Å². The summed E-state index contributed by atoms with van der Waals surface area (Å²) in [4.78, 5) is 16.3. The predicted molar refractivity (Wildman–Crippen MR) is 90.6 cm³/mol. The highest BCUT2D eigenvalue weighted by atomic mass is 16.5. The molecule has 24 heavy (non-hydrogen) atoms. The molecule has 0 aliphatic heterocycles. The van der Waals surface area contributed by atoms with E-state index in [0.29, 0.717) is 24.5 Å². The summed E-state index contributed by atoms with van der Waals surface area (Å²) in [5.41, 5.74) is 2.87. The zero-order chi connectivity index (χ0) is 16.8. The molecule has 3 rings (SSSR count). The molecule has 1 amide bonds. The van der Waals surface area contributed by atoms with E-state index in [1.165, 1.54) is 0 Å². The number of aromatic amines is 1. The van der Waals surface area contributed by atoms with Crippen molar-refractivity contribution < 1.29 is 9.53 Å². The molecule has 0 saturated carbocycles. The summed E-state index contributed by atoms with van der Waals surface area (Å²) >= 11 is 0. The van der Waals surface area contributed by atoms with Gasteiger partial charge in [-0.3, -0.25) is 14.9 Å². The molecule has 2 N–H and O–H groups in total. The third-order valence-corrected chi connectivity index (χ3v) is 3.49. The fourth-order valence-corrected chi connectivity index (χ4v) is 2.32.